The molecule has 0 saturated heterocycles. The maximum atomic E-state index is 13.1. The van der Waals surface area contributed by atoms with Gasteiger partial charge in [0.15, 0.2) is 0 Å². The van der Waals surface area contributed by atoms with Crippen LogP contribution < -0.4 is 24.8 Å². The van der Waals surface area contributed by atoms with E-state index in [0.717, 1.165) is 5.30 Å². The maximum absolute atomic E-state index is 13.1. The number of tetrazole rings is 1. The fourth-order valence-corrected chi connectivity index (χ4v) is 9.79. The van der Waals surface area contributed by atoms with E-state index < -0.39 is 16.8 Å². The molecule has 1 atom stereocenters. The molecule has 3 N–H and O–H groups in total. The van der Waals surface area contributed by atoms with Crippen LogP contribution >= 0.6 is 17.7 Å². The fourth-order valence-electron chi connectivity index (χ4n) is 4.04. The van der Waals surface area contributed by atoms with Gasteiger partial charge in [-0.2, -0.15) is 0 Å². The average molecular weight is 643 g/mol. The second-order valence-corrected chi connectivity index (χ2v) is 15.7. The van der Waals surface area contributed by atoms with Crippen molar-refractivity contribution in [3.63, 3.8) is 0 Å². The minimum atomic E-state index is -2.11. The Morgan fingerprint density at radius 2 is 1.62 bits per heavy atom. The summed E-state index contributed by atoms with van der Waals surface area (Å²) >= 11 is 6.74. The van der Waals surface area contributed by atoms with E-state index in [0.29, 0.717) is 22.7 Å². The summed E-state index contributed by atoms with van der Waals surface area (Å²) in [6.07, 6.45) is 0. The summed E-state index contributed by atoms with van der Waals surface area (Å²) < 4.78 is 23.4. The molecule has 0 radical (unpaired) electrons. The number of nitrogens with one attached hydrogen (secondary N) is 2. The molecule has 5 aromatic rings. The van der Waals surface area contributed by atoms with E-state index >= 15 is 0 Å². The average Bonchev–Trinajstić information content (AvgIpc) is 3.39. The first-order valence-electron chi connectivity index (χ1n) is 11.6. The first-order chi connectivity index (χ1) is 19.0. The molecule has 0 aliphatic heterocycles. The van der Waals surface area contributed by atoms with Gasteiger partial charge in [0.2, 0.25) is 0 Å². The fraction of sp³-hybridized carbons (Fsp3) is 0.0385. The summed E-state index contributed by atoms with van der Waals surface area (Å²) in [5.41, 5.74) is -0.507. The number of hydrogen-bond acceptors (Lipinski definition) is 7. The molecule has 1 aromatic heterocycles. The molecule has 9 nitrogen and oxygen atoms in total. The Kier molecular flexibility index (Phi) is 8.64. The number of aromatic nitrogens is 4. The SMILES string of the molecule is O=S(Nc1cc(COO)cc(-n2[nH]nnc2=S)c1)Oc1cccc(P(=[Se])(c2ccccc2)c2ccccc2)c1. The van der Waals surface area contributed by atoms with Crippen LogP contribution in [0.2, 0.25) is 0 Å². The summed E-state index contributed by atoms with van der Waals surface area (Å²) in [6.45, 7) is -0.0926. The van der Waals surface area contributed by atoms with E-state index in [2.05, 4.69) is 70.6 Å². The molecule has 0 bridgehead atoms. The molecule has 0 spiro atoms. The van der Waals surface area contributed by atoms with Gasteiger partial charge in [-0.1, -0.05) is 10.3 Å². The number of anilines is 1. The summed E-state index contributed by atoms with van der Waals surface area (Å²) in [5.74, 6) is 0.444. The van der Waals surface area contributed by atoms with Crippen molar-refractivity contribution in [1.82, 2.24) is 20.2 Å². The van der Waals surface area contributed by atoms with Crippen LogP contribution in [-0.2, 0) is 22.8 Å². The Bertz CT molecular complexity index is 1670. The normalized spacial score (nSPS) is 12.1. The molecule has 4 aromatic carbocycles. The molecule has 0 amide bonds. The van der Waals surface area contributed by atoms with E-state index in [-0.39, 0.29) is 11.4 Å². The molecule has 1 heterocycles. The van der Waals surface area contributed by atoms with Gasteiger partial charge in [-0.05, 0) is 12.2 Å². The van der Waals surface area contributed by atoms with Gasteiger partial charge >= 0.3 is 213 Å². The van der Waals surface area contributed by atoms with Crippen molar-refractivity contribution in [3.8, 4) is 11.4 Å². The molecule has 39 heavy (non-hydrogen) atoms. The van der Waals surface area contributed by atoms with Gasteiger partial charge in [0.1, 0.15) is 0 Å². The van der Waals surface area contributed by atoms with Crippen LogP contribution in [0.3, 0.4) is 0 Å². The van der Waals surface area contributed by atoms with Crippen molar-refractivity contribution in [3.05, 3.63) is 113 Å². The van der Waals surface area contributed by atoms with E-state index in [1.807, 2.05) is 48.5 Å². The number of nitrogens with zero attached hydrogens (tertiary/aromatic N) is 3. The van der Waals surface area contributed by atoms with Crippen LogP contribution in [0.25, 0.3) is 5.69 Å². The Morgan fingerprint density at radius 1 is 0.949 bits per heavy atom. The van der Waals surface area contributed by atoms with E-state index in [1.54, 1.807) is 24.3 Å². The summed E-state index contributed by atoms with van der Waals surface area (Å²) in [6, 6.07) is 33.3. The van der Waals surface area contributed by atoms with E-state index in [4.69, 9.17) is 21.7 Å². The van der Waals surface area contributed by atoms with Gasteiger partial charge in [0.05, 0.1) is 0 Å². The van der Waals surface area contributed by atoms with Crippen molar-refractivity contribution in [2.75, 3.05) is 4.72 Å². The van der Waals surface area contributed by atoms with Gasteiger partial charge < -0.3 is 0 Å². The van der Waals surface area contributed by atoms with Gasteiger partial charge in [-0.15, -0.1) is 0 Å². The first kappa shape index (κ1) is 27.4. The number of benzene rings is 4. The van der Waals surface area contributed by atoms with Crippen LogP contribution in [0.15, 0.2) is 103 Å². The zero-order valence-electron chi connectivity index (χ0n) is 20.2. The van der Waals surface area contributed by atoms with Crippen LogP contribution in [0.4, 0.5) is 5.69 Å². The van der Waals surface area contributed by atoms with Gasteiger partial charge in [0, 0.05) is 0 Å². The number of aromatic amines is 1. The molecule has 0 aliphatic carbocycles. The standard InChI is InChI=1S/C26H22N5O4PS2Se/c32-34-18-19-14-20(16-21(15-19)31-26(37)27-29-30-31)28-38(33)35-22-8-7-13-25(17-22)36(39,23-9-3-1-4-10-23)24-11-5-2-6-12-24/h1-17,28,32H,18H2,(H,27,30,37). The minimum absolute atomic E-state index is 0.0926. The summed E-state index contributed by atoms with van der Waals surface area (Å²) in [4.78, 5) is 4.29. The van der Waals surface area contributed by atoms with Crippen molar-refractivity contribution < 1.29 is 18.5 Å². The number of H-pyrrole nitrogens is 1. The van der Waals surface area contributed by atoms with Gasteiger partial charge in [-0.25, -0.2) is 0 Å². The van der Waals surface area contributed by atoms with Gasteiger partial charge in [0.25, 0.3) is 0 Å². The quantitative estimate of drug-likeness (QED) is 0.0699. The third-order valence-corrected chi connectivity index (χ3v) is 13.8. The molecular weight excluding hydrogens is 620 g/mol. The Labute approximate surface area is 239 Å². The zero-order valence-corrected chi connectivity index (χ0v) is 24.4. The Morgan fingerprint density at radius 3 is 2.23 bits per heavy atom. The molecule has 0 fully saturated rings. The molecule has 198 valence electrons. The van der Waals surface area contributed by atoms with Crippen LogP contribution in [-0.4, -0.2) is 44.8 Å². The summed E-state index contributed by atoms with van der Waals surface area (Å²) in [7, 11) is 0. The van der Waals surface area contributed by atoms with Gasteiger partial charge in [-0.3, -0.25) is 5.26 Å². The molecule has 1 unspecified atom stereocenters. The third kappa shape index (κ3) is 6.18. The second kappa shape index (κ2) is 12.3. The zero-order chi connectivity index (χ0) is 27.2. The van der Waals surface area contributed by atoms with Crippen molar-refractivity contribution in [1.29, 1.82) is 0 Å². The molecular formula is C26H22N5O4PS2Se. The van der Waals surface area contributed by atoms with Crippen LogP contribution in [0, 0.1) is 4.77 Å². The third-order valence-electron chi connectivity index (χ3n) is 5.73. The molecule has 0 saturated carbocycles. The predicted molar refractivity (Wildman–Crippen MR) is 157 cm³/mol. The molecule has 0 aliphatic rings. The predicted octanol–water partition coefficient (Wildman–Crippen LogP) is 3.76. The topological polar surface area (TPSA) is 114 Å². The van der Waals surface area contributed by atoms with Crippen molar-refractivity contribution >= 4 is 65.7 Å². The van der Waals surface area contributed by atoms with E-state index in [1.165, 1.54) is 15.3 Å². The van der Waals surface area contributed by atoms with Crippen molar-refractivity contribution in [2.45, 2.75) is 6.61 Å². The van der Waals surface area contributed by atoms with E-state index in [9.17, 15) is 4.21 Å². The Balaban J connectivity index is 1.43. The van der Waals surface area contributed by atoms with Crippen molar-refractivity contribution in [2.24, 2.45) is 0 Å². The number of rotatable bonds is 10. The number of hydrogen-bond donors (Lipinski definition) is 3. The monoisotopic (exact) mass is 643 g/mol. The first-order valence-corrected chi connectivity index (χ1v) is 17.1. The summed E-state index contributed by atoms with van der Waals surface area (Å²) in [5, 5.41) is 22.5. The molecule has 5 rings (SSSR count). The second-order valence-electron chi connectivity index (χ2n) is 8.28. The van der Waals surface area contributed by atoms with Crippen LogP contribution in [0.5, 0.6) is 5.75 Å². The molecule has 13 heteroatoms. The Hall–Kier alpha value is -3.21. The van der Waals surface area contributed by atoms with Crippen LogP contribution in [0.1, 0.15) is 5.56 Å².